The van der Waals surface area contributed by atoms with Gasteiger partial charge < -0.3 is 18.9 Å². The molecule has 9 nitrogen and oxygen atoms in total. The molecular formula is C48H89NO8P+. The lowest BCUT2D eigenvalue weighted by Crippen LogP contribution is -2.37. The number of likely N-dealkylation sites (N-methyl/N-ethyl adjacent to an activating group) is 1. The summed E-state index contributed by atoms with van der Waals surface area (Å²) in [6.07, 6.45) is 47.4. The van der Waals surface area contributed by atoms with Crippen molar-refractivity contribution in [1.82, 2.24) is 0 Å². The van der Waals surface area contributed by atoms with Crippen LogP contribution in [-0.2, 0) is 32.7 Å². The highest BCUT2D eigenvalue weighted by molar-refractivity contribution is 7.47. The Bertz CT molecular complexity index is 1130. The molecule has 338 valence electrons. The summed E-state index contributed by atoms with van der Waals surface area (Å²) in [5, 5.41) is 0. The number of esters is 2. The normalized spacial score (nSPS) is 14.0. The molecule has 0 aromatic carbocycles. The van der Waals surface area contributed by atoms with Crippen molar-refractivity contribution in [1.29, 1.82) is 0 Å². The number of carbonyl (C=O) groups excluding carboxylic acids is 2. The van der Waals surface area contributed by atoms with E-state index in [0.717, 1.165) is 57.8 Å². The second-order valence-electron chi connectivity index (χ2n) is 16.8. The molecule has 0 spiro atoms. The van der Waals surface area contributed by atoms with E-state index in [1.54, 1.807) is 0 Å². The van der Waals surface area contributed by atoms with Crippen LogP contribution in [0, 0.1) is 0 Å². The zero-order chi connectivity index (χ0) is 42.8. The van der Waals surface area contributed by atoms with E-state index in [9.17, 15) is 19.0 Å². The van der Waals surface area contributed by atoms with E-state index in [2.05, 4.69) is 62.5 Å². The minimum Gasteiger partial charge on any atom is -0.462 e. The van der Waals surface area contributed by atoms with Gasteiger partial charge in [-0.1, -0.05) is 178 Å². The van der Waals surface area contributed by atoms with Gasteiger partial charge >= 0.3 is 19.8 Å². The van der Waals surface area contributed by atoms with Gasteiger partial charge in [-0.2, -0.15) is 0 Å². The molecular weight excluding hydrogens is 750 g/mol. The second-order valence-corrected chi connectivity index (χ2v) is 18.2. The number of quaternary nitrogens is 1. The van der Waals surface area contributed by atoms with Crippen LogP contribution in [0.15, 0.2) is 48.6 Å². The van der Waals surface area contributed by atoms with Crippen LogP contribution in [0.25, 0.3) is 0 Å². The van der Waals surface area contributed by atoms with Gasteiger partial charge in [0.15, 0.2) is 6.10 Å². The molecule has 0 aliphatic rings. The number of carbonyl (C=O) groups is 2. The summed E-state index contributed by atoms with van der Waals surface area (Å²) in [6.45, 7) is 4.27. The van der Waals surface area contributed by atoms with Gasteiger partial charge in [0.05, 0.1) is 27.7 Å². The fraction of sp³-hybridized carbons (Fsp3) is 0.792. The third kappa shape index (κ3) is 43.5. The molecule has 1 N–H and O–H groups in total. The van der Waals surface area contributed by atoms with Crippen LogP contribution in [0.1, 0.15) is 194 Å². The smallest absolute Gasteiger partial charge is 0.462 e. The number of hydrogen-bond acceptors (Lipinski definition) is 7. The highest BCUT2D eigenvalue weighted by atomic mass is 31.2. The Balaban J connectivity index is 4.33. The maximum Gasteiger partial charge on any atom is 0.472 e. The number of nitrogens with zero attached hydrogens (tertiary/aromatic N) is 1. The third-order valence-corrected chi connectivity index (χ3v) is 10.9. The summed E-state index contributed by atoms with van der Waals surface area (Å²) >= 11 is 0. The Hall–Kier alpha value is -2.03. The van der Waals surface area contributed by atoms with Crippen LogP contribution in [-0.4, -0.2) is 74.9 Å². The Labute approximate surface area is 356 Å². The largest absolute Gasteiger partial charge is 0.472 e. The molecule has 2 atom stereocenters. The number of ether oxygens (including phenoxy) is 2. The zero-order valence-corrected chi connectivity index (χ0v) is 38.9. The van der Waals surface area contributed by atoms with E-state index >= 15 is 0 Å². The summed E-state index contributed by atoms with van der Waals surface area (Å²) in [5.41, 5.74) is 0. The van der Waals surface area contributed by atoms with Crippen molar-refractivity contribution >= 4 is 19.8 Å². The van der Waals surface area contributed by atoms with Gasteiger partial charge in [-0.05, 0) is 51.4 Å². The van der Waals surface area contributed by atoms with Gasteiger partial charge in [0, 0.05) is 12.8 Å². The van der Waals surface area contributed by atoms with Crippen molar-refractivity contribution < 1.29 is 42.1 Å². The standard InChI is InChI=1S/C48H88NO8P/c1-6-8-10-12-14-16-18-20-22-23-24-25-27-28-30-32-34-36-38-40-47(50)54-44-46(45-56-58(52,53)55-43-42-49(3,4)5)57-48(51)41-39-37-35-33-31-29-26-21-19-17-15-13-11-9-7-2/h9,11,15,17,21,26,31,33,46H,6-8,10,12-14,16,18-20,22-25,27-30,32,34-45H2,1-5H3/p+1/b11-9+,17-15+,26-21+,33-31+/t46-/m1/s1. The molecule has 0 bridgehead atoms. The summed E-state index contributed by atoms with van der Waals surface area (Å²) in [5.74, 6) is -0.843. The molecule has 0 aromatic heterocycles. The van der Waals surface area contributed by atoms with Crippen molar-refractivity contribution in [3.05, 3.63) is 48.6 Å². The molecule has 0 radical (unpaired) electrons. The van der Waals surface area contributed by atoms with E-state index in [4.69, 9.17) is 18.5 Å². The molecule has 58 heavy (non-hydrogen) atoms. The first-order valence-electron chi connectivity index (χ1n) is 23.4. The molecule has 0 heterocycles. The van der Waals surface area contributed by atoms with Crippen molar-refractivity contribution in [3.8, 4) is 0 Å². The topological polar surface area (TPSA) is 108 Å². The van der Waals surface area contributed by atoms with Crippen molar-refractivity contribution in [3.63, 3.8) is 0 Å². The minimum atomic E-state index is -4.39. The highest BCUT2D eigenvalue weighted by Gasteiger charge is 2.27. The lowest BCUT2D eigenvalue weighted by Gasteiger charge is -2.24. The fourth-order valence-electron chi connectivity index (χ4n) is 6.24. The zero-order valence-electron chi connectivity index (χ0n) is 38.0. The van der Waals surface area contributed by atoms with Crippen LogP contribution in [0.5, 0.6) is 0 Å². The Morgan fingerprint density at radius 2 is 0.983 bits per heavy atom. The molecule has 0 amide bonds. The SMILES string of the molecule is CC/C=C/C/C=C/C/C=C/C/C=C/CCCCC(=O)O[C@H](COC(=O)CCCCCCCCCCCCCCCCCCCCC)COP(=O)(O)OCC[N+](C)(C)C. The number of phosphoric ester groups is 1. The molecule has 1 unspecified atom stereocenters. The minimum absolute atomic E-state index is 0.0232. The fourth-order valence-corrected chi connectivity index (χ4v) is 6.98. The summed E-state index contributed by atoms with van der Waals surface area (Å²) in [7, 11) is 1.45. The predicted molar refractivity (Wildman–Crippen MR) is 243 cm³/mol. The molecule has 0 saturated heterocycles. The van der Waals surface area contributed by atoms with Gasteiger partial charge in [-0.3, -0.25) is 18.6 Å². The van der Waals surface area contributed by atoms with Gasteiger partial charge in [0.2, 0.25) is 0 Å². The first kappa shape index (κ1) is 56.0. The summed E-state index contributed by atoms with van der Waals surface area (Å²) in [4.78, 5) is 35.4. The number of phosphoric acid groups is 1. The molecule has 10 heteroatoms. The maximum absolute atomic E-state index is 12.7. The van der Waals surface area contributed by atoms with E-state index in [1.807, 2.05) is 21.1 Å². The number of unbranched alkanes of at least 4 members (excludes halogenated alkanes) is 20. The van der Waals surface area contributed by atoms with Crippen molar-refractivity contribution in [2.24, 2.45) is 0 Å². The van der Waals surface area contributed by atoms with Gasteiger partial charge in [-0.15, -0.1) is 0 Å². The van der Waals surface area contributed by atoms with E-state index in [-0.39, 0.29) is 32.0 Å². The first-order valence-corrected chi connectivity index (χ1v) is 24.9. The maximum atomic E-state index is 12.7. The van der Waals surface area contributed by atoms with Crippen LogP contribution in [0.4, 0.5) is 0 Å². The van der Waals surface area contributed by atoms with E-state index in [0.29, 0.717) is 17.4 Å². The number of hydrogen-bond donors (Lipinski definition) is 1. The molecule has 0 fully saturated rings. The van der Waals surface area contributed by atoms with Crippen molar-refractivity contribution in [2.45, 2.75) is 200 Å². The first-order chi connectivity index (χ1) is 28.0. The van der Waals surface area contributed by atoms with E-state index in [1.165, 1.54) is 103 Å². The lowest BCUT2D eigenvalue weighted by atomic mass is 10.0. The Morgan fingerprint density at radius 3 is 1.47 bits per heavy atom. The monoisotopic (exact) mass is 839 g/mol. The van der Waals surface area contributed by atoms with Crippen LogP contribution in [0.2, 0.25) is 0 Å². The second kappa shape index (κ2) is 40.4. The lowest BCUT2D eigenvalue weighted by molar-refractivity contribution is -0.870. The average molecular weight is 839 g/mol. The van der Waals surface area contributed by atoms with Gasteiger partial charge in [-0.25, -0.2) is 4.57 Å². The van der Waals surface area contributed by atoms with Gasteiger partial charge in [0.1, 0.15) is 19.8 Å². The highest BCUT2D eigenvalue weighted by Crippen LogP contribution is 2.43. The molecule has 0 aliphatic heterocycles. The third-order valence-electron chi connectivity index (χ3n) is 9.87. The van der Waals surface area contributed by atoms with Crippen molar-refractivity contribution in [2.75, 3.05) is 47.5 Å². The number of allylic oxidation sites excluding steroid dienone is 8. The Kier molecular flexibility index (Phi) is 39.0. The van der Waals surface area contributed by atoms with E-state index < -0.39 is 26.5 Å². The van der Waals surface area contributed by atoms with Crippen LogP contribution in [0.3, 0.4) is 0 Å². The van der Waals surface area contributed by atoms with Crippen LogP contribution >= 0.6 is 7.82 Å². The molecule has 0 rings (SSSR count). The summed E-state index contributed by atoms with van der Waals surface area (Å²) < 4.78 is 34.3. The summed E-state index contributed by atoms with van der Waals surface area (Å²) in [6, 6.07) is 0. The van der Waals surface area contributed by atoms with Crippen LogP contribution < -0.4 is 0 Å². The molecule has 0 saturated carbocycles. The molecule has 0 aliphatic carbocycles. The number of rotatable bonds is 42. The average Bonchev–Trinajstić information content (AvgIpc) is 3.17. The molecule has 0 aromatic rings. The van der Waals surface area contributed by atoms with Gasteiger partial charge in [0.25, 0.3) is 0 Å². The quantitative estimate of drug-likeness (QED) is 0.0213. The predicted octanol–water partition coefficient (Wildman–Crippen LogP) is 13.5. The Morgan fingerprint density at radius 1 is 0.552 bits per heavy atom.